The molecule has 1 fully saturated rings. The minimum absolute atomic E-state index is 0.174. The van der Waals surface area contributed by atoms with Crippen molar-refractivity contribution >= 4 is 11.9 Å². The molecule has 1 aliphatic rings. The quantitative estimate of drug-likeness (QED) is 0.789. The Bertz CT molecular complexity index is 580. The summed E-state index contributed by atoms with van der Waals surface area (Å²) in [5.74, 6) is -0.330. The van der Waals surface area contributed by atoms with Gasteiger partial charge in [0.2, 0.25) is 0 Å². The van der Waals surface area contributed by atoms with Crippen LogP contribution in [-0.4, -0.2) is 49.5 Å². The number of ether oxygens (including phenoxy) is 3. The summed E-state index contributed by atoms with van der Waals surface area (Å²) >= 11 is 0. The van der Waals surface area contributed by atoms with Crippen molar-refractivity contribution in [1.29, 1.82) is 0 Å². The first-order valence-corrected chi connectivity index (χ1v) is 7.42. The molecule has 1 amide bonds. The van der Waals surface area contributed by atoms with Crippen molar-refractivity contribution in [3.63, 3.8) is 0 Å². The number of benzene rings is 1. The first kappa shape index (κ1) is 17.1. The molecule has 1 aromatic rings. The van der Waals surface area contributed by atoms with Crippen molar-refractivity contribution in [2.45, 2.75) is 25.3 Å². The summed E-state index contributed by atoms with van der Waals surface area (Å²) in [5, 5.41) is 11.9. The first-order valence-electron chi connectivity index (χ1n) is 7.42. The van der Waals surface area contributed by atoms with Gasteiger partial charge in [-0.05, 0) is 31.5 Å². The van der Waals surface area contributed by atoms with Crippen LogP contribution in [0.3, 0.4) is 0 Å². The Labute approximate surface area is 134 Å². The molecule has 23 heavy (non-hydrogen) atoms. The Morgan fingerprint density at radius 1 is 1.39 bits per heavy atom. The second-order valence-electron chi connectivity index (χ2n) is 5.41. The number of carboxylic acids is 1. The number of aliphatic carboxylic acids is 1. The first-order chi connectivity index (χ1) is 11.0. The van der Waals surface area contributed by atoms with Crippen LogP contribution in [0.5, 0.6) is 11.5 Å². The summed E-state index contributed by atoms with van der Waals surface area (Å²) in [5.41, 5.74) is -0.490. The third-order valence-electron chi connectivity index (χ3n) is 3.70. The number of rotatable bonds is 7. The molecule has 0 saturated carbocycles. The maximum Gasteiger partial charge on any atom is 0.305 e. The van der Waals surface area contributed by atoms with Crippen molar-refractivity contribution in [2.75, 3.05) is 26.9 Å². The number of hydrogen-bond acceptors (Lipinski definition) is 5. The van der Waals surface area contributed by atoms with E-state index in [2.05, 4.69) is 5.32 Å². The van der Waals surface area contributed by atoms with E-state index in [-0.39, 0.29) is 18.9 Å². The summed E-state index contributed by atoms with van der Waals surface area (Å²) in [4.78, 5) is 23.5. The highest BCUT2D eigenvalue weighted by molar-refractivity contribution is 5.95. The zero-order valence-corrected chi connectivity index (χ0v) is 13.3. The van der Waals surface area contributed by atoms with Gasteiger partial charge < -0.3 is 24.6 Å². The Balaban J connectivity index is 2.17. The molecule has 1 aromatic carbocycles. The van der Waals surface area contributed by atoms with Crippen LogP contribution < -0.4 is 14.8 Å². The van der Waals surface area contributed by atoms with Crippen molar-refractivity contribution in [3.05, 3.63) is 23.8 Å². The van der Waals surface area contributed by atoms with E-state index in [4.69, 9.17) is 19.3 Å². The number of carbonyl (C=O) groups excluding carboxylic acids is 1. The van der Waals surface area contributed by atoms with E-state index in [1.165, 1.54) is 7.11 Å². The Hall–Kier alpha value is -2.28. The standard InChI is InChI=1S/C16H21NO6/c1-3-23-12-5-4-11(8-13(12)21-2)15(20)17-16(9-14(18)19)6-7-22-10-16/h4-5,8H,3,6-7,9-10H2,1-2H3,(H,17,20)(H,18,19). The van der Waals surface area contributed by atoms with Crippen molar-refractivity contribution < 1.29 is 28.9 Å². The molecular weight excluding hydrogens is 302 g/mol. The summed E-state index contributed by atoms with van der Waals surface area (Å²) in [6.45, 7) is 2.97. The van der Waals surface area contributed by atoms with Gasteiger partial charge >= 0.3 is 5.97 Å². The van der Waals surface area contributed by atoms with Gasteiger partial charge in [-0.15, -0.1) is 0 Å². The van der Waals surface area contributed by atoms with Crippen LogP contribution in [0.1, 0.15) is 30.1 Å². The maximum atomic E-state index is 12.5. The van der Waals surface area contributed by atoms with E-state index in [0.29, 0.717) is 36.7 Å². The van der Waals surface area contributed by atoms with E-state index < -0.39 is 11.5 Å². The van der Waals surface area contributed by atoms with E-state index in [1.54, 1.807) is 18.2 Å². The summed E-state index contributed by atoms with van der Waals surface area (Å²) in [6.07, 6.45) is 0.298. The predicted molar refractivity (Wildman–Crippen MR) is 82.0 cm³/mol. The minimum atomic E-state index is -0.972. The lowest BCUT2D eigenvalue weighted by atomic mass is 9.93. The fraction of sp³-hybridized carbons (Fsp3) is 0.500. The molecule has 1 aliphatic heterocycles. The van der Waals surface area contributed by atoms with Crippen LogP contribution in [0, 0.1) is 0 Å². The number of nitrogens with one attached hydrogen (secondary N) is 1. The molecule has 0 aliphatic carbocycles. The molecule has 0 aromatic heterocycles. The van der Waals surface area contributed by atoms with Gasteiger partial charge in [0.05, 0.1) is 32.3 Å². The fourth-order valence-corrected chi connectivity index (χ4v) is 2.58. The molecular formula is C16H21NO6. The normalized spacial score (nSPS) is 20.1. The van der Waals surface area contributed by atoms with E-state index in [9.17, 15) is 9.59 Å². The number of hydrogen-bond donors (Lipinski definition) is 2. The van der Waals surface area contributed by atoms with Gasteiger partial charge in [0.1, 0.15) is 0 Å². The number of carboxylic acid groups (broad SMARTS) is 1. The van der Waals surface area contributed by atoms with Gasteiger partial charge in [-0.1, -0.05) is 0 Å². The minimum Gasteiger partial charge on any atom is -0.493 e. The zero-order valence-electron chi connectivity index (χ0n) is 13.3. The van der Waals surface area contributed by atoms with Crippen LogP contribution in [0.15, 0.2) is 18.2 Å². The van der Waals surface area contributed by atoms with E-state index in [0.717, 1.165) is 0 Å². The highest BCUT2D eigenvalue weighted by Gasteiger charge is 2.38. The van der Waals surface area contributed by atoms with Crippen LogP contribution >= 0.6 is 0 Å². The smallest absolute Gasteiger partial charge is 0.305 e. The molecule has 7 nitrogen and oxygen atoms in total. The molecule has 0 radical (unpaired) electrons. The number of carbonyl (C=O) groups is 2. The Morgan fingerprint density at radius 3 is 2.74 bits per heavy atom. The summed E-state index contributed by atoms with van der Waals surface area (Å²) in [6, 6.07) is 4.85. The molecule has 1 unspecified atom stereocenters. The van der Waals surface area contributed by atoms with Gasteiger partial charge in [0.25, 0.3) is 5.91 Å². The molecule has 7 heteroatoms. The molecule has 126 valence electrons. The molecule has 1 atom stereocenters. The number of amides is 1. The van der Waals surface area contributed by atoms with Gasteiger partial charge in [0, 0.05) is 12.2 Å². The SMILES string of the molecule is CCOc1ccc(C(=O)NC2(CC(=O)O)CCOC2)cc1OC. The van der Waals surface area contributed by atoms with E-state index >= 15 is 0 Å². The van der Waals surface area contributed by atoms with Gasteiger partial charge in [-0.25, -0.2) is 0 Å². The van der Waals surface area contributed by atoms with Crippen LogP contribution in [0.4, 0.5) is 0 Å². The average molecular weight is 323 g/mol. The van der Waals surface area contributed by atoms with Gasteiger partial charge in [-0.2, -0.15) is 0 Å². The van der Waals surface area contributed by atoms with Crippen LogP contribution in [-0.2, 0) is 9.53 Å². The molecule has 0 spiro atoms. The molecule has 2 N–H and O–H groups in total. The second-order valence-corrected chi connectivity index (χ2v) is 5.41. The summed E-state index contributed by atoms with van der Waals surface area (Å²) in [7, 11) is 1.50. The van der Waals surface area contributed by atoms with Crippen LogP contribution in [0.2, 0.25) is 0 Å². The van der Waals surface area contributed by atoms with Crippen molar-refractivity contribution in [3.8, 4) is 11.5 Å². The van der Waals surface area contributed by atoms with Crippen molar-refractivity contribution in [2.24, 2.45) is 0 Å². The molecule has 1 heterocycles. The second kappa shape index (κ2) is 7.32. The fourth-order valence-electron chi connectivity index (χ4n) is 2.58. The highest BCUT2D eigenvalue weighted by Crippen LogP contribution is 2.29. The van der Waals surface area contributed by atoms with Crippen molar-refractivity contribution in [1.82, 2.24) is 5.32 Å². The zero-order chi connectivity index (χ0) is 16.9. The molecule has 0 bridgehead atoms. The lowest BCUT2D eigenvalue weighted by molar-refractivity contribution is -0.138. The lowest BCUT2D eigenvalue weighted by Crippen LogP contribution is -2.50. The number of methoxy groups -OCH3 is 1. The summed E-state index contributed by atoms with van der Waals surface area (Å²) < 4.78 is 15.9. The maximum absolute atomic E-state index is 12.5. The average Bonchev–Trinajstić information content (AvgIpc) is 2.95. The predicted octanol–water partition coefficient (Wildman–Crippen LogP) is 1.46. The Kier molecular flexibility index (Phi) is 5.44. The van der Waals surface area contributed by atoms with Crippen LogP contribution in [0.25, 0.3) is 0 Å². The highest BCUT2D eigenvalue weighted by atomic mass is 16.5. The third-order valence-corrected chi connectivity index (χ3v) is 3.70. The van der Waals surface area contributed by atoms with Gasteiger partial charge in [0.15, 0.2) is 11.5 Å². The van der Waals surface area contributed by atoms with Gasteiger partial charge in [-0.3, -0.25) is 9.59 Å². The Morgan fingerprint density at radius 2 is 2.17 bits per heavy atom. The lowest BCUT2D eigenvalue weighted by Gasteiger charge is -2.27. The molecule has 1 saturated heterocycles. The monoisotopic (exact) mass is 323 g/mol. The molecule has 2 rings (SSSR count). The van der Waals surface area contributed by atoms with E-state index in [1.807, 2.05) is 6.92 Å². The largest absolute Gasteiger partial charge is 0.493 e. The topological polar surface area (TPSA) is 94.1 Å². The third kappa shape index (κ3) is 4.13.